The molecule has 0 unspecified atom stereocenters. The van der Waals surface area contributed by atoms with Crippen LogP contribution in [-0.4, -0.2) is 56.0 Å². The number of carbonyl (C=O) groups excluding carboxylic acids is 1. The Bertz CT molecular complexity index is 504. The predicted octanol–water partition coefficient (Wildman–Crippen LogP) is 1.54. The van der Waals surface area contributed by atoms with Gasteiger partial charge in [0.15, 0.2) is 10.7 Å². The monoisotopic (exact) mass is 334 g/mol. The van der Waals surface area contributed by atoms with E-state index in [2.05, 4.69) is 0 Å². The summed E-state index contributed by atoms with van der Waals surface area (Å²) < 4.78 is 28.9. The number of alkyl halides is 1. The minimum atomic E-state index is -1.42. The fourth-order valence-corrected chi connectivity index (χ4v) is 5.43. The molecule has 5 atom stereocenters. The van der Waals surface area contributed by atoms with Gasteiger partial charge >= 0.3 is 0 Å². The molecule has 2 saturated heterocycles. The Kier molecular flexibility index (Phi) is 3.51. The molecule has 7 heteroatoms. The van der Waals surface area contributed by atoms with Crippen LogP contribution in [0.15, 0.2) is 0 Å². The molecule has 3 rings (SSSR count). The number of carbonyl (C=O) groups is 1. The smallest absolute Gasteiger partial charge is 0.292 e. The van der Waals surface area contributed by atoms with Crippen molar-refractivity contribution in [3.05, 3.63) is 0 Å². The van der Waals surface area contributed by atoms with E-state index in [-0.39, 0.29) is 24.2 Å². The van der Waals surface area contributed by atoms with Crippen LogP contribution in [0.1, 0.15) is 20.8 Å². The molecule has 0 aromatic rings. The third-order valence-electron chi connectivity index (χ3n) is 5.73. The third kappa shape index (κ3) is 1.51. The van der Waals surface area contributed by atoms with E-state index in [9.17, 15) is 4.79 Å². The first-order valence-corrected chi connectivity index (χ1v) is 7.76. The molecule has 0 aromatic heterocycles. The normalized spacial score (nSPS) is 48.5. The maximum Gasteiger partial charge on any atom is 0.292 e. The van der Waals surface area contributed by atoms with Crippen LogP contribution < -0.4 is 0 Å². The minimum Gasteiger partial charge on any atom is -0.351 e. The lowest BCUT2D eigenvalue weighted by Crippen LogP contribution is -2.61. The quantitative estimate of drug-likeness (QED) is 0.576. The summed E-state index contributed by atoms with van der Waals surface area (Å²) in [5.41, 5.74) is -0.607. The van der Waals surface area contributed by atoms with E-state index in [1.165, 1.54) is 21.3 Å². The molecule has 2 aliphatic heterocycles. The molecular weight excluding hydrogens is 312 g/mol. The number of hydrogen-bond acceptors (Lipinski definition) is 6. The molecule has 1 aliphatic carbocycles. The van der Waals surface area contributed by atoms with E-state index < -0.39 is 28.2 Å². The lowest BCUT2D eigenvalue weighted by molar-refractivity contribution is -0.410. The number of fused-ring (bicyclic) bond motifs is 1. The van der Waals surface area contributed by atoms with Crippen LogP contribution in [0.2, 0.25) is 0 Å². The first kappa shape index (κ1) is 16.6. The first-order chi connectivity index (χ1) is 10.2. The Balaban J connectivity index is 2.32. The van der Waals surface area contributed by atoms with Crippen LogP contribution in [0, 0.1) is 17.8 Å². The zero-order valence-corrected chi connectivity index (χ0v) is 14.5. The molecule has 0 aromatic carbocycles. The van der Waals surface area contributed by atoms with Crippen LogP contribution in [0.25, 0.3) is 0 Å². The van der Waals surface area contributed by atoms with Gasteiger partial charge in [0, 0.05) is 27.2 Å². The maximum atomic E-state index is 12.8. The van der Waals surface area contributed by atoms with Gasteiger partial charge in [0.25, 0.3) is 5.97 Å². The second kappa shape index (κ2) is 4.65. The number of ether oxygens (including phenoxy) is 5. The van der Waals surface area contributed by atoms with Crippen LogP contribution in [0.3, 0.4) is 0 Å². The van der Waals surface area contributed by atoms with Gasteiger partial charge in [0.05, 0.1) is 5.60 Å². The summed E-state index contributed by atoms with van der Waals surface area (Å²) in [5.74, 6) is -3.93. The fraction of sp³-hybridized carbons (Fsp3) is 0.933. The topological polar surface area (TPSA) is 63.2 Å². The molecule has 1 saturated carbocycles. The van der Waals surface area contributed by atoms with Gasteiger partial charge in [-0.05, 0) is 19.8 Å². The van der Waals surface area contributed by atoms with Crippen molar-refractivity contribution in [2.45, 2.75) is 43.0 Å². The maximum absolute atomic E-state index is 12.8. The van der Waals surface area contributed by atoms with Crippen molar-refractivity contribution in [2.75, 3.05) is 27.9 Å². The zero-order chi connectivity index (χ0) is 16.6. The predicted molar refractivity (Wildman–Crippen MR) is 77.3 cm³/mol. The molecule has 2 bridgehead atoms. The van der Waals surface area contributed by atoms with Crippen molar-refractivity contribution in [1.29, 1.82) is 0 Å². The second-order valence-electron chi connectivity index (χ2n) is 6.80. The van der Waals surface area contributed by atoms with Crippen LogP contribution in [0.4, 0.5) is 0 Å². The van der Waals surface area contributed by atoms with Crippen molar-refractivity contribution < 1.29 is 28.5 Å². The van der Waals surface area contributed by atoms with Gasteiger partial charge in [-0.3, -0.25) is 4.79 Å². The lowest BCUT2D eigenvalue weighted by atomic mass is 9.77. The zero-order valence-electron chi connectivity index (χ0n) is 13.8. The van der Waals surface area contributed by atoms with Gasteiger partial charge in [-0.1, -0.05) is 6.92 Å². The van der Waals surface area contributed by atoms with Crippen molar-refractivity contribution in [2.24, 2.45) is 17.8 Å². The molecule has 3 aliphatic rings. The van der Waals surface area contributed by atoms with Crippen molar-refractivity contribution in [1.82, 2.24) is 0 Å². The highest BCUT2D eigenvalue weighted by atomic mass is 35.5. The summed E-state index contributed by atoms with van der Waals surface area (Å²) in [4.78, 5) is 11.4. The third-order valence-corrected chi connectivity index (χ3v) is 6.55. The van der Waals surface area contributed by atoms with Crippen molar-refractivity contribution >= 4 is 17.4 Å². The first-order valence-electron chi connectivity index (χ1n) is 7.38. The van der Waals surface area contributed by atoms with Crippen LogP contribution in [0.5, 0.6) is 0 Å². The van der Waals surface area contributed by atoms with Gasteiger partial charge in [0.2, 0.25) is 5.79 Å². The molecule has 0 N–H and O–H groups in total. The van der Waals surface area contributed by atoms with Crippen molar-refractivity contribution in [3.8, 4) is 0 Å². The minimum absolute atomic E-state index is 0.130. The molecule has 0 radical (unpaired) electrons. The summed E-state index contributed by atoms with van der Waals surface area (Å²) >= 11 is 6.88. The number of halogens is 1. The van der Waals surface area contributed by atoms with E-state index >= 15 is 0 Å². The van der Waals surface area contributed by atoms with Crippen LogP contribution >= 0.6 is 11.6 Å². The molecule has 3 fully saturated rings. The molecule has 0 amide bonds. The molecule has 22 heavy (non-hydrogen) atoms. The van der Waals surface area contributed by atoms with Crippen molar-refractivity contribution in [3.63, 3.8) is 0 Å². The summed E-state index contributed by atoms with van der Waals surface area (Å²) in [5, 5.41) is 0. The Hall–Kier alpha value is -0.240. The second-order valence-corrected chi connectivity index (χ2v) is 7.40. The summed E-state index contributed by atoms with van der Waals surface area (Å²) in [6.07, 6.45) is 0. The largest absolute Gasteiger partial charge is 0.351 e. The van der Waals surface area contributed by atoms with Gasteiger partial charge in [-0.25, -0.2) is 0 Å². The number of Topliss-reactive ketones (excluding diaryl/α,β-unsaturated/α-hetero) is 1. The summed E-state index contributed by atoms with van der Waals surface area (Å²) in [6.45, 7) is 5.61. The molecule has 2 heterocycles. The van der Waals surface area contributed by atoms with E-state index in [0.717, 1.165) is 0 Å². The van der Waals surface area contributed by atoms with Gasteiger partial charge < -0.3 is 23.7 Å². The molecule has 126 valence electrons. The highest BCUT2D eigenvalue weighted by molar-refractivity contribution is 6.37. The highest BCUT2D eigenvalue weighted by Gasteiger charge is 2.84. The average Bonchev–Trinajstić information content (AvgIpc) is 2.83. The van der Waals surface area contributed by atoms with E-state index in [1.807, 2.05) is 20.8 Å². The Morgan fingerprint density at radius 3 is 2.27 bits per heavy atom. The Labute approximate surface area is 135 Å². The Morgan fingerprint density at radius 1 is 1.18 bits per heavy atom. The standard InChI is InChI=1S/C15H23ClO6/c1-8-10-11-14(18-4,19-5)13(8,16)9(17)7-21-15(11,20-6)22-12(10,2)3/h8,10-11H,7H2,1-6H3/t8-,10-,11-,13+,15+/m0/s1. The summed E-state index contributed by atoms with van der Waals surface area (Å²) in [6, 6.07) is 0. The Morgan fingerprint density at radius 2 is 1.77 bits per heavy atom. The van der Waals surface area contributed by atoms with Gasteiger partial charge in [0.1, 0.15) is 12.5 Å². The van der Waals surface area contributed by atoms with Gasteiger partial charge in [-0.2, -0.15) is 0 Å². The fourth-order valence-electron chi connectivity index (χ4n) is 4.97. The number of ketones is 1. The average molecular weight is 335 g/mol. The summed E-state index contributed by atoms with van der Waals surface area (Å²) in [7, 11) is 4.46. The molecule has 6 nitrogen and oxygen atoms in total. The molecular formula is C15H23ClO6. The number of rotatable bonds is 3. The van der Waals surface area contributed by atoms with Crippen LogP contribution in [-0.2, 0) is 28.5 Å². The van der Waals surface area contributed by atoms with E-state index in [4.69, 9.17) is 35.3 Å². The number of hydrogen-bond donors (Lipinski definition) is 0. The van der Waals surface area contributed by atoms with E-state index in [1.54, 1.807) is 0 Å². The number of methoxy groups -OCH3 is 3. The SMILES string of the molecule is COC1(OC)[C@@H]2[C@@H]3[C@H](C)[C@@]1(Cl)C(=O)CO[C@@]2(OC)OC3(C)C. The van der Waals surface area contributed by atoms with E-state index in [0.29, 0.717) is 0 Å². The highest BCUT2D eigenvalue weighted by Crippen LogP contribution is 2.69. The molecule has 0 spiro atoms. The lowest BCUT2D eigenvalue weighted by Gasteiger charge is -2.43. The van der Waals surface area contributed by atoms with Gasteiger partial charge in [-0.15, -0.1) is 11.6 Å².